The molecule has 2 N–H and O–H groups in total. The standard InChI is InChI=1S/C9H8FN3O/c10-6-2-1-3-7-8(6)9(14)13(4-11)5-12-7/h1-3,5H,4,11H2. The van der Waals surface area contributed by atoms with Crippen LogP contribution in [0.15, 0.2) is 29.3 Å². The third kappa shape index (κ3) is 1.18. The molecule has 0 unspecified atom stereocenters. The molecule has 0 aliphatic rings. The molecule has 0 amide bonds. The molecule has 2 rings (SSSR count). The molecule has 4 nitrogen and oxygen atoms in total. The van der Waals surface area contributed by atoms with Crippen LogP contribution < -0.4 is 11.3 Å². The Morgan fingerprint density at radius 3 is 3.00 bits per heavy atom. The Morgan fingerprint density at radius 1 is 1.50 bits per heavy atom. The Balaban J connectivity index is 2.94. The Labute approximate surface area is 78.8 Å². The highest BCUT2D eigenvalue weighted by atomic mass is 19.1. The highest BCUT2D eigenvalue weighted by molar-refractivity contribution is 5.77. The minimum atomic E-state index is -0.567. The van der Waals surface area contributed by atoms with Crippen LogP contribution in [0.5, 0.6) is 0 Å². The summed E-state index contributed by atoms with van der Waals surface area (Å²) in [6, 6.07) is 4.32. The zero-order valence-corrected chi connectivity index (χ0v) is 7.27. The lowest BCUT2D eigenvalue weighted by Crippen LogP contribution is -2.24. The fourth-order valence-electron chi connectivity index (χ4n) is 1.29. The van der Waals surface area contributed by atoms with E-state index >= 15 is 0 Å². The van der Waals surface area contributed by atoms with Crippen LogP contribution in [0.2, 0.25) is 0 Å². The maximum Gasteiger partial charge on any atom is 0.265 e. The van der Waals surface area contributed by atoms with Crippen LogP contribution in [-0.4, -0.2) is 9.55 Å². The van der Waals surface area contributed by atoms with E-state index in [1.165, 1.54) is 18.5 Å². The van der Waals surface area contributed by atoms with Gasteiger partial charge in [-0.05, 0) is 12.1 Å². The Morgan fingerprint density at radius 2 is 2.29 bits per heavy atom. The van der Waals surface area contributed by atoms with Gasteiger partial charge in [-0.2, -0.15) is 0 Å². The average molecular weight is 193 g/mol. The van der Waals surface area contributed by atoms with E-state index in [-0.39, 0.29) is 12.1 Å². The monoisotopic (exact) mass is 193 g/mol. The minimum absolute atomic E-state index is 0.00386. The van der Waals surface area contributed by atoms with Gasteiger partial charge in [0.05, 0.1) is 18.5 Å². The molecule has 0 bridgehead atoms. The van der Waals surface area contributed by atoms with Crippen LogP contribution in [-0.2, 0) is 6.67 Å². The van der Waals surface area contributed by atoms with Gasteiger partial charge in [0.15, 0.2) is 0 Å². The van der Waals surface area contributed by atoms with E-state index in [4.69, 9.17) is 5.73 Å². The van der Waals surface area contributed by atoms with Gasteiger partial charge in [-0.1, -0.05) is 6.07 Å². The van der Waals surface area contributed by atoms with Crippen molar-refractivity contribution >= 4 is 10.9 Å². The van der Waals surface area contributed by atoms with Crippen LogP contribution in [0.25, 0.3) is 10.9 Å². The molecule has 0 aliphatic heterocycles. The van der Waals surface area contributed by atoms with Crippen molar-refractivity contribution in [1.82, 2.24) is 9.55 Å². The van der Waals surface area contributed by atoms with Gasteiger partial charge >= 0.3 is 0 Å². The molecule has 5 heteroatoms. The highest BCUT2D eigenvalue weighted by Gasteiger charge is 2.07. The van der Waals surface area contributed by atoms with Crippen LogP contribution in [0, 0.1) is 5.82 Å². The number of benzene rings is 1. The summed E-state index contributed by atoms with van der Waals surface area (Å²) in [6.07, 6.45) is 1.31. The van der Waals surface area contributed by atoms with E-state index in [0.29, 0.717) is 5.52 Å². The van der Waals surface area contributed by atoms with Crippen LogP contribution in [0.1, 0.15) is 0 Å². The van der Waals surface area contributed by atoms with Gasteiger partial charge < -0.3 is 5.73 Å². The molecule has 0 saturated heterocycles. The highest BCUT2D eigenvalue weighted by Crippen LogP contribution is 2.09. The Hall–Kier alpha value is -1.75. The molecular formula is C9H8FN3O. The fraction of sp³-hybridized carbons (Fsp3) is 0.111. The van der Waals surface area contributed by atoms with Crippen molar-refractivity contribution in [3.63, 3.8) is 0 Å². The lowest BCUT2D eigenvalue weighted by atomic mass is 10.2. The predicted molar refractivity (Wildman–Crippen MR) is 50.1 cm³/mol. The molecule has 14 heavy (non-hydrogen) atoms. The quantitative estimate of drug-likeness (QED) is 0.715. The second kappa shape index (κ2) is 3.19. The molecule has 2 aromatic rings. The molecule has 0 radical (unpaired) electrons. The molecule has 0 spiro atoms. The number of rotatable bonds is 1. The minimum Gasteiger partial charge on any atom is -0.313 e. The largest absolute Gasteiger partial charge is 0.313 e. The van der Waals surface area contributed by atoms with E-state index in [9.17, 15) is 9.18 Å². The van der Waals surface area contributed by atoms with Crippen molar-refractivity contribution in [1.29, 1.82) is 0 Å². The zero-order valence-electron chi connectivity index (χ0n) is 7.27. The summed E-state index contributed by atoms with van der Waals surface area (Å²) < 4.78 is 14.4. The van der Waals surface area contributed by atoms with Crippen molar-refractivity contribution < 1.29 is 4.39 Å². The first-order chi connectivity index (χ1) is 6.74. The molecular weight excluding hydrogens is 185 g/mol. The number of halogens is 1. The number of aromatic nitrogens is 2. The van der Waals surface area contributed by atoms with Crippen molar-refractivity contribution in [2.45, 2.75) is 6.67 Å². The molecule has 0 aliphatic carbocycles. The van der Waals surface area contributed by atoms with Gasteiger partial charge in [0.25, 0.3) is 5.56 Å². The molecule has 0 atom stereocenters. The zero-order chi connectivity index (χ0) is 10.1. The van der Waals surface area contributed by atoms with Gasteiger partial charge in [0, 0.05) is 0 Å². The maximum atomic E-state index is 13.3. The van der Waals surface area contributed by atoms with Gasteiger partial charge in [0.2, 0.25) is 0 Å². The normalized spacial score (nSPS) is 10.7. The summed E-state index contributed by atoms with van der Waals surface area (Å²) in [7, 11) is 0. The summed E-state index contributed by atoms with van der Waals surface area (Å²) in [5.41, 5.74) is 5.19. The van der Waals surface area contributed by atoms with Gasteiger partial charge in [-0.3, -0.25) is 9.36 Å². The Bertz CT molecular complexity index is 535. The number of hydrogen-bond acceptors (Lipinski definition) is 3. The van der Waals surface area contributed by atoms with Gasteiger partial charge in [0.1, 0.15) is 11.2 Å². The molecule has 0 saturated carbocycles. The van der Waals surface area contributed by atoms with E-state index < -0.39 is 11.4 Å². The van der Waals surface area contributed by atoms with Gasteiger partial charge in [-0.25, -0.2) is 9.37 Å². The first kappa shape index (κ1) is 8.83. The topological polar surface area (TPSA) is 60.9 Å². The van der Waals surface area contributed by atoms with Crippen LogP contribution in [0.3, 0.4) is 0 Å². The van der Waals surface area contributed by atoms with E-state index in [1.54, 1.807) is 6.07 Å². The van der Waals surface area contributed by atoms with Crippen molar-refractivity contribution in [2.24, 2.45) is 5.73 Å². The van der Waals surface area contributed by atoms with E-state index in [0.717, 1.165) is 4.57 Å². The first-order valence-electron chi connectivity index (χ1n) is 4.08. The number of fused-ring (bicyclic) bond motifs is 1. The lowest BCUT2D eigenvalue weighted by molar-refractivity contribution is 0.631. The summed E-state index contributed by atoms with van der Waals surface area (Å²) in [5, 5.41) is -0.0135. The molecule has 72 valence electrons. The second-order valence-corrected chi connectivity index (χ2v) is 2.84. The van der Waals surface area contributed by atoms with Crippen LogP contribution in [0.4, 0.5) is 4.39 Å². The first-order valence-corrected chi connectivity index (χ1v) is 4.08. The third-order valence-electron chi connectivity index (χ3n) is 2.00. The van der Waals surface area contributed by atoms with Crippen molar-refractivity contribution in [3.8, 4) is 0 Å². The Kier molecular flexibility index (Phi) is 2.01. The maximum absolute atomic E-state index is 13.3. The smallest absolute Gasteiger partial charge is 0.265 e. The number of hydrogen-bond donors (Lipinski definition) is 1. The average Bonchev–Trinajstić information content (AvgIpc) is 2.18. The van der Waals surface area contributed by atoms with E-state index in [2.05, 4.69) is 4.98 Å². The third-order valence-corrected chi connectivity index (χ3v) is 2.00. The molecule has 1 heterocycles. The van der Waals surface area contributed by atoms with E-state index in [1.807, 2.05) is 0 Å². The summed E-state index contributed by atoms with van der Waals surface area (Å²) in [4.78, 5) is 15.5. The van der Waals surface area contributed by atoms with Gasteiger partial charge in [-0.15, -0.1) is 0 Å². The lowest BCUT2D eigenvalue weighted by Gasteiger charge is -2.02. The van der Waals surface area contributed by atoms with Crippen molar-refractivity contribution in [3.05, 3.63) is 40.7 Å². The summed E-state index contributed by atoms with van der Waals surface area (Å²) in [6.45, 7) is -0.00386. The summed E-state index contributed by atoms with van der Waals surface area (Å²) in [5.74, 6) is -0.567. The van der Waals surface area contributed by atoms with Crippen LogP contribution >= 0.6 is 0 Å². The second-order valence-electron chi connectivity index (χ2n) is 2.84. The van der Waals surface area contributed by atoms with Crippen molar-refractivity contribution in [2.75, 3.05) is 0 Å². The number of nitrogens with two attached hydrogens (primary N) is 1. The molecule has 1 aromatic carbocycles. The summed E-state index contributed by atoms with van der Waals surface area (Å²) >= 11 is 0. The number of nitrogens with zero attached hydrogens (tertiary/aromatic N) is 2. The molecule has 1 aromatic heterocycles. The molecule has 0 fully saturated rings. The fourth-order valence-corrected chi connectivity index (χ4v) is 1.29. The SMILES string of the molecule is NCn1cnc2cccc(F)c2c1=O. The predicted octanol–water partition coefficient (Wildman–Crippen LogP) is 0.452.